The summed E-state index contributed by atoms with van der Waals surface area (Å²) < 4.78 is 148. The Morgan fingerprint density at radius 2 is 1.47 bits per heavy atom. The fourth-order valence-electron chi connectivity index (χ4n) is 4.80. The van der Waals surface area contributed by atoms with Crippen molar-refractivity contribution in [1.82, 2.24) is 5.32 Å². The smallest absolute Gasteiger partial charge is 0.461 e. The first-order valence-corrected chi connectivity index (χ1v) is 13.8. The van der Waals surface area contributed by atoms with Gasteiger partial charge in [0.1, 0.15) is 17.4 Å². The molecule has 0 fully saturated rings. The lowest BCUT2D eigenvalue weighted by molar-refractivity contribution is -0.253. The Balaban J connectivity index is 2.00. The van der Waals surface area contributed by atoms with Gasteiger partial charge in [0.25, 0.3) is 5.91 Å². The molecule has 1 atom stereocenters. The highest BCUT2D eigenvalue weighted by Gasteiger charge is 2.45. The molecule has 0 radical (unpaired) electrons. The minimum Gasteiger partial charge on any atom is -0.488 e. The van der Waals surface area contributed by atoms with Gasteiger partial charge >= 0.3 is 18.7 Å². The highest BCUT2D eigenvalue weighted by atomic mass is 19.4. The van der Waals surface area contributed by atoms with Gasteiger partial charge in [-0.1, -0.05) is 36.4 Å². The number of ether oxygens (including phenoxy) is 2. The van der Waals surface area contributed by atoms with Crippen molar-refractivity contribution in [1.29, 1.82) is 0 Å². The Bertz CT molecular complexity index is 1730. The van der Waals surface area contributed by atoms with Crippen LogP contribution in [0.15, 0.2) is 84.9 Å². The van der Waals surface area contributed by atoms with Crippen LogP contribution in [0, 0.1) is 17.5 Å². The molecule has 0 saturated carbocycles. The summed E-state index contributed by atoms with van der Waals surface area (Å²) in [5.74, 6) is -6.66. The lowest BCUT2D eigenvalue weighted by Crippen LogP contribution is -2.49. The van der Waals surface area contributed by atoms with E-state index in [0.29, 0.717) is 23.8 Å². The van der Waals surface area contributed by atoms with E-state index in [4.69, 9.17) is 4.74 Å². The Kier molecular flexibility index (Phi) is 10.1. The molecule has 0 unspecified atom stereocenters. The third-order valence-corrected chi connectivity index (χ3v) is 6.83. The molecule has 4 nitrogen and oxygen atoms in total. The molecular weight excluding hydrogens is 648 g/mol. The minimum absolute atomic E-state index is 0.196. The molecule has 0 aromatic heterocycles. The number of hydrogen-bond acceptors (Lipinski definition) is 3. The van der Waals surface area contributed by atoms with Gasteiger partial charge in [-0.15, -0.1) is 0 Å². The minimum atomic E-state index is -5.21. The third kappa shape index (κ3) is 8.16. The Morgan fingerprint density at radius 1 is 0.787 bits per heavy atom. The van der Waals surface area contributed by atoms with Crippen LogP contribution in [-0.4, -0.2) is 24.5 Å². The van der Waals surface area contributed by atoms with Crippen molar-refractivity contribution in [2.24, 2.45) is 0 Å². The topological polar surface area (TPSA) is 47.6 Å². The molecule has 4 aromatic rings. The van der Waals surface area contributed by atoms with Gasteiger partial charge in [-0.3, -0.25) is 4.79 Å². The largest absolute Gasteiger partial charge is 0.488 e. The molecule has 4 rings (SSSR count). The number of rotatable bonds is 11. The standard InChI is InChI=1S/C33H25F10NO3/c1-18(2)46-28-11-9-21(15-27(28)36)31(17-19-6-4-3-5-7-19,22-13-23(34)16-24(14-22)47-33(42,43)30(37)38)44-29(45)20-8-10-26(35)25(12-20)32(39,40)41/h3-16,18,30H,17H2,1-2H3,(H,44,45)/t31-/m1/s1. The number of carbonyl (C=O) groups excluding carboxylic acids is 1. The Labute approximate surface area is 261 Å². The van der Waals surface area contributed by atoms with Crippen LogP contribution in [0.4, 0.5) is 43.9 Å². The number of alkyl halides is 7. The van der Waals surface area contributed by atoms with Crippen LogP contribution in [0.2, 0.25) is 0 Å². The van der Waals surface area contributed by atoms with Gasteiger partial charge in [-0.2, -0.15) is 30.7 Å². The second kappa shape index (κ2) is 13.5. The first kappa shape index (κ1) is 35.1. The van der Waals surface area contributed by atoms with E-state index in [9.17, 15) is 39.9 Å². The second-order valence-electron chi connectivity index (χ2n) is 10.7. The number of amides is 1. The summed E-state index contributed by atoms with van der Waals surface area (Å²) in [6.45, 7) is 3.21. The molecule has 250 valence electrons. The van der Waals surface area contributed by atoms with Gasteiger partial charge in [-0.05, 0) is 73.0 Å². The summed E-state index contributed by atoms with van der Waals surface area (Å²) in [5, 5.41) is 2.46. The monoisotopic (exact) mass is 673 g/mol. The second-order valence-corrected chi connectivity index (χ2v) is 10.7. The maximum absolute atomic E-state index is 15.5. The zero-order valence-corrected chi connectivity index (χ0v) is 24.4. The van der Waals surface area contributed by atoms with Crippen LogP contribution in [0.5, 0.6) is 11.5 Å². The predicted octanol–water partition coefficient (Wildman–Crippen LogP) is 9.06. The molecule has 1 amide bonds. The average molecular weight is 674 g/mol. The van der Waals surface area contributed by atoms with Crippen LogP contribution in [0.1, 0.15) is 46.5 Å². The number of nitrogens with one attached hydrogen (secondary N) is 1. The molecule has 0 aliphatic rings. The molecule has 4 aromatic carbocycles. The van der Waals surface area contributed by atoms with E-state index in [1.54, 1.807) is 32.0 Å². The summed E-state index contributed by atoms with van der Waals surface area (Å²) >= 11 is 0. The molecule has 0 bridgehead atoms. The van der Waals surface area contributed by atoms with E-state index in [-0.39, 0.29) is 17.4 Å². The molecule has 0 aliphatic heterocycles. The Hall–Kier alpha value is -4.75. The summed E-state index contributed by atoms with van der Waals surface area (Å²) in [6.07, 6.45) is -15.5. The van der Waals surface area contributed by atoms with E-state index >= 15 is 8.78 Å². The summed E-state index contributed by atoms with van der Waals surface area (Å²) in [4.78, 5) is 13.7. The van der Waals surface area contributed by atoms with E-state index in [2.05, 4.69) is 10.1 Å². The molecular formula is C33H25F10NO3. The number of carbonyl (C=O) groups is 1. The normalized spacial score (nSPS) is 13.4. The SMILES string of the molecule is CC(C)Oc1ccc([C@@](Cc2ccccc2)(NC(=O)c2ccc(F)c(C(F)(F)F)c2)c2cc(F)cc(OC(F)(F)C(F)F)c2)cc1F. The quantitative estimate of drug-likeness (QED) is 0.162. The van der Waals surface area contributed by atoms with Crippen LogP contribution >= 0.6 is 0 Å². The lowest BCUT2D eigenvalue weighted by atomic mass is 9.77. The highest BCUT2D eigenvalue weighted by molar-refractivity contribution is 5.95. The van der Waals surface area contributed by atoms with Crippen molar-refractivity contribution < 1.29 is 58.2 Å². The average Bonchev–Trinajstić information content (AvgIpc) is 2.97. The van der Waals surface area contributed by atoms with Crippen molar-refractivity contribution in [3.63, 3.8) is 0 Å². The van der Waals surface area contributed by atoms with Gasteiger partial charge in [0.15, 0.2) is 11.6 Å². The Morgan fingerprint density at radius 3 is 2.06 bits per heavy atom. The fraction of sp³-hybridized carbons (Fsp3) is 0.242. The predicted molar refractivity (Wildman–Crippen MR) is 150 cm³/mol. The summed E-state index contributed by atoms with van der Waals surface area (Å²) in [7, 11) is 0. The van der Waals surface area contributed by atoms with E-state index in [1.165, 1.54) is 18.2 Å². The molecule has 47 heavy (non-hydrogen) atoms. The maximum Gasteiger partial charge on any atom is 0.461 e. The van der Waals surface area contributed by atoms with Gasteiger partial charge < -0.3 is 14.8 Å². The van der Waals surface area contributed by atoms with Crippen molar-refractivity contribution in [2.45, 2.75) is 50.6 Å². The van der Waals surface area contributed by atoms with Crippen molar-refractivity contribution in [3.8, 4) is 11.5 Å². The maximum atomic E-state index is 15.5. The van der Waals surface area contributed by atoms with Gasteiger partial charge in [0.2, 0.25) is 0 Å². The zero-order valence-electron chi connectivity index (χ0n) is 24.4. The number of benzene rings is 4. The highest BCUT2D eigenvalue weighted by Crippen LogP contribution is 2.40. The van der Waals surface area contributed by atoms with Crippen LogP contribution < -0.4 is 14.8 Å². The lowest BCUT2D eigenvalue weighted by Gasteiger charge is -2.37. The van der Waals surface area contributed by atoms with Gasteiger partial charge in [0, 0.05) is 18.1 Å². The van der Waals surface area contributed by atoms with Crippen LogP contribution in [0.3, 0.4) is 0 Å². The molecule has 1 N–H and O–H groups in total. The van der Waals surface area contributed by atoms with E-state index in [0.717, 1.165) is 24.3 Å². The number of halogens is 10. The van der Waals surface area contributed by atoms with Crippen molar-refractivity contribution in [3.05, 3.63) is 130 Å². The first-order chi connectivity index (χ1) is 21.9. The summed E-state index contributed by atoms with van der Waals surface area (Å²) in [6, 6.07) is 14.2. The van der Waals surface area contributed by atoms with Crippen molar-refractivity contribution >= 4 is 5.91 Å². The van der Waals surface area contributed by atoms with Crippen LogP contribution in [-0.2, 0) is 18.1 Å². The van der Waals surface area contributed by atoms with E-state index < -0.39 is 82.6 Å². The first-order valence-electron chi connectivity index (χ1n) is 13.8. The zero-order chi connectivity index (χ0) is 34.7. The molecule has 0 heterocycles. The molecule has 0 aliphatic carbocycles. The fourth-order valence-corrected chi connectivity index (χ4v) is 4.80. The third-order valence-electron chi connectivity index (χ3n) is 6.83. The molecule has 14 heteroatoms. The van der Waals surface area contributed by atoms with Gasteiger partial charge in [-0.25, -0.2) is 13.2 Å². The number of hydrogen-bond donors (Lipinski definition) is 1. The summed E-state index contributed by atoms with van der Waals surface area (Å²) in [5.41, 5.74) is -5.02. The van der Waals surface area contributed by atoms with Gasteiger partial charge in [0.05, 0.1) is 17.2 Å². The molecule has 0 saturated heterocycles. The van der Waals surface area contributed by atoms with E-state index in [1.807, 2.05) is 0 Å². The molecule has 0 spiro atoms. The van der Waals surface area contributed by atoms with Crippen molar-refractivity contribution in [2.75, 3.05) is 0 Å². The van der Waals surface area contributed by atoms with Crippen LogP contribution in [0.25, 0.3) is 0 Å².